The molecule has 0 aromatic carbocycles. The van der Waals surface area contributed by atoms with Crippen molar-refractivity contribution in [2.24, 2.45) is 11.5 Å². The molecule has 72 valence electrons. The van der Waals surface area contributed by atoms with Gasteiger partial charge in [-0.1, -0.05) is 0 Å². The van der Waals surface area contributed by atoms with Gasteiger partial charge in [0.15, 0.2) is 0 Å². The molecule has 4 N–H and O–H groups in total. The van der Waals surface area contributed by atoms with Crippen molar-refractivity contribution in [3.63, 3.8) is 0 Å². The fourth-order valence-corrected chi connectivity index (χ4v) is 0. The summed E-state index contributed by atoms with van der Waals surface area (Å²) in [4.78, 5) is 18.9. The van der Waals surface area contributed by atoms with Crippen LogP contribution < -0.4 is 21.7 Å². The van der Waals surface area contributed by atoms with E-state index in [1.54, 1.807) is 0 Å². The van der Waals surface area contributed by atoms with Gasteiger partial charge < -0.3 is 31.3 Å². The summed E-state index contributed by atoms with van der Waals surface area (Å²) in [6.07, 6.45) is 0. The fraction of sp³-hybridized carbons (Fsp3) is 0.667. The molecule has 0 aromatic heterocycles. The molecule has 0 saturated carbocycles. The van der Waals surface area contributed by atoms with Crippen molar-refractivity contribution in [1.82, 2.24) is 0 Å². The summed E-state index contributed by atoms with van der Waals surface area (Å²) in [5.74, 6) is -2.43. The Hall–Kier alpha value is 0.120. The van der Waals surface area contributed by atoms with Crippen molar-refractivity contribution in [1.29, 1.82) is 0 Å². The van der Waals surface area contributed by atoms with Crippen LogP contribution in [0.3, 0.4) is 0 Å². The Morgan fingerprint density at radius 3 is 1.08 bits per heavy atom. The van der Waals surface area contributed by atoms with E-state index in [0.717, 1.165) is 0 Å². The van der Waals surface area contributed by atoms with Crippen LogP contribution in [0.5, 0.6) is 0 Å². The molecular weight excluding hydrogens is 204 g/mol. The van der Waals surface area contributed by atoms with Crippen molar-refractivity contribution in [2.75, 3.05) is 0 Å². The second kappa shape index (κ2) is 10.2. The van der Waals surface area contributed by atoms with Crippen LogP contribution in [0.1, 0.15) is 13.8 Å². The zero-order valence-corrected chi connectivity index (χ0v) is 9.86. The maximum absolute atomic E-state index is 9.46. The van der Waals surface area contributed by atoms with Gasteiger partial charge in [-0.3, -0.25) is 0 Å². The summed E-state index contributed by atoms with van der Waals surface area (Å²) in [7, 11) is 0. The van der Waals surface area contributed by atoms with E-state index in [1.165, 1.54) is 13.8 Å². The molecule has 0 amide bonds. The zero-order valence-electron chi connectivity index (χ0n) is 7.65. The molecule has 0 radical (unpaired) electrons. The minimum absolute atomic E-state index is 0. The molecule has 0 spiro atoms. The van der Waals surface area contributed by atoms with Crippen LogP contribution >= 0.6 is 0 Å². The number of carbonyl (C=O) groups is 2. The molecule has 6 nitrogen and oxygen atoms in total. The van der Waals surface area contributed by atoms with Crippen LogP contribution in [0.4, 0.5) is 0 Å². The molecule has 7 heteroatoms. The Bertz CT molecular complexity index is 143. The van der Waals surface area contributed by atoms with Crippen molar-refractivity contribution in [2.45, 2.75) is 25.9 Å². The Balaban J connectivity index is -0.000000143. The van der Waals surface area contributed by atoms with Crippen molar-refractivity contribution in [3.05, 3.63) is 0 Å². The molecule has 0 aliphatic carbocycles. The number of hydrogen-bond acceptors (Lipinski definition) is 6. The fourth-order valence-electron chi connectivity index (χ4n) is 0. The number of carboxylic acid groups (broad SMARTS) is 2. The molecular formula is C6H12CaN2O4. The number of carbonyl (C=O) groups excluding carboxylic acids is 2. The van der Waals surface area contributed by atoms with Gasteiger partial charge in [0.2, 0.25) is 0 Å². The van der Waals surface area contributed by atoms with Crippen LogP contribution in [0.2, 0.25) is 0 Å². The van der Waals surface area contributed by atoms with Gasteiger partial charge in [-0.05, 0) is 13.8 Å². The molecule has 0 fully saturated rings. The van der Waals surface area contributed by atoms with E-state index < -0.39 is 24.0 Å². The van der Waals surface area contributed by atoms with E-state index in [4.69, 9.17) is 11.5 Å². The minimum atomic E-state index is -1.21. The predicted molar refractivity (Wildman–Crippen MR) is 43.1 cm³/mol. The van der Waals surface area contributed by atoms with Crippen LogP contribution in [-0.4, -0.2) is 61.8 Å². The number of rotatable bonds is 2. The minimum Gasteiger partial charge on any atom is -0.548 e. The summed E-state index contributed by atoms with van der Waals surface area (Å²) in [6, 6.07) is -1.69. The molecule has 0 aliphatic rings. The molecule has 0 bridgehead atoms. The van der Waals surface area contributed by atoms with Crippen LogP contribution in [0.25, 0.3) is 0 Å². The third-order valence-corrected chi connectivity index (χ3v) is 0.744. The number of nitrogens with two attached hydrogens (primary N) is 2. The molecule has 0 saturated heterocycles. The first-order valence-electron chi connectivity index (χ1n) is 3.22. The first-order chi connectivity index (χ1) is 5.29. The van der Waals surface area contributed by atoms with Gasteiger partial charge in [0.05, 0.1) is 11.9 Å². The van der Waals surface area contributed by atoms with E-state index >= 15 is 0 Å². The van der Waals surface area contributed by atoms with E-state index in [-0.39, 0.29) is 37.7 Å². The third-order valence-electron chi connectivity index (χ3n) is 0.744. The molecule has 0 aromatic rings. The summed E-state index contributed by atoms with van der Waals surface area (Å²) in [5, 5.41) is 18.9. The first kappa shape index (κ1) is 18.8. The van der Waals surface area contributed by atoms with Gasteiger partial charge in [0.1, 0.15) is 0 Å². The standard InChI is InChI=1S/2C3H7NO2.Ca/c2*1-2(4)3(5)6;/h2*2H,4H2,1H3,(H,5,6);/q;;+2/p-2. The third kappa shape index (κ3) is 18.8. The van der Waals surface area contributed by atoms with E-state index in [1.807, 2.05) is 0 Å². The molecule has 0 heterocycles. The molecule has 0 aliphatic heterocycles. The smallest absolute Gasteiger partial charge is 0.548 e. The molecule has 13 heavy (non-hydrogen) atoms. The first-order valence-corrected chi connectivity index (χ1v) is 3.22. The Morgan fingerprint density at radius 2 is 1.08 bits per heavy atom. The van der Waals surface area contributed by atoms with Crippen LogP contribution in [0.15, 0.2) is 0 Å². The monoisotopic (exact) mass is 216 g/mol. The molecule has 2 unspecified atom stereocenters. The Kier molecular flexibility index (Phi) is 14.8. The zero-order chi connectivity index (χ0) is 10.3. The quantitative estimate of drug-likeness (QED) is 0.449. The second-order valence-electron chi connectivity index (χ2n) is 2.22. The number of carboxylic acids is 2. The van der Waals surface area contributed by atoms with E-state index in [2.05, 4.69) is 0 Å². The van der Waals surface area contributed by atoms with Crippen molar-refractivity contribution < 1.29 is 19.8 Å². The van der Waals surface area contributed by atoms with Crippen molar-refractivity contribution in [3.8, 4) is 0 Å². The summed E-state index contributed by atoms with van der Waals surface area (Å²) < 4.78 is 0. The van der Waals surface area contributed by atoms with Gasteiger partial charge in [-0.2, -0.15) is 0 Å². The SMILES string of the molecule is CC(N)C(=O)[O-].CC(N)C(=O)[O-].[Ca+2]. The van der Waals surface area contributed by atoms with Gasteiger partial charge in [0.25, 0.3) is 0 Å². The number of aliphatic carboxylic acids is 2. The summed E-state index contributed by atoms with van der Waals surface area (Å²) >= 11 is 0. The van der Waals surface area contributed by atoms with Crippen LogP contribution in [0, 0.1) is 0 Å². The van der Waals surface area contributed by atoms with Gasteiger partial charge >= 0.3 is 37.7 Å². The maximum Gasteiger partial charge on any atom is 2.00 e. The van der Waals surface area contributed by atoms with Crippen molar-refractivity contribution >= 4 is 49.7 Å². The largest absolute Gasteiger partial charge is 2.00 e. The van der Waals surface area contributed by atoms with E-state index in [9.17, 15) is 19.8 Å². The average molecular weight is 216 g/mol. The summed E-state index contributed by atoms with van der Waals surface area (Å²) in [6.45, 7) is 2.71. The Morgan fingerprint density at radius 1 is 1.00 bits per heavy atom. The average Bonchev–Trinajstić information content (AvgIpc) is 1.88. The topological polar surface area (TPSA) is 132 Å². The van der Waals surface area contributed by atoms with Gasteiger partial charge in [-0.25, -0.2) is 0 Å². The molecule has 0 rings (SSSR count). The number of hydrogen-bond donors (Lipinski definition) is 2. The van der Waals surface area contributed by atoms with Gasteiger partial charge in [-0.15, -0.1) is 0 Å². The maximum atomic E-state index is 9.46. The molecule has 2 atom stereocenters. The van der Waals surface area contributed by atoms with E-state index in [0.29, 0.717) is 0 Å². The van der Waals surface area contributed by atoms with Gasteiger partial charge in [0, 0.05) is 12.1 Å². The second-order valence-corrected chi connectivity index (χ2v) is 2.22. The predicted octanol–water partition coefficient (Wildman–Crippen LogP) is -4.21. The Labute approximate surface area is 106 Å². The summed E-state index contributed by atoms with van der Waals surface area (Å²) in [5.41, 5.74) is 9.55. The normalized spacial score (nSPS) is 12.6. The van der Waals surface area contributed by atoms with Crippen LogP contribution in [-0.2, 0) is 9.59 Å².